The summed E-state index contributed by atoms with van der Waals surface area (Å²) < 4.78 is 14.9. The Morgan fingerprint density at radius 2 is 1.96 bits per heavy atom. The van der Waals surface area contributed by atoms with Crippen molar-refractivity contribution >= 4 is 5.91 Å². The second-order valence-corrected chi connectivity index (χ2v) is 6.79. The monoisotopic (exact) mass is 345 g/mol. The highest BCUT2D eigenvalue weighted by molar-refractivity contribution is 5.95. The predicted molar refractivity (Wildman–Crippen MR) is 92.8 cm³/mol. The molecular weight excluding hydrogens is 321 g/mol. The number of benzene rings is 1. The van der Waals surface area contributed by atoms with Gasteiger partial charge in [-0.1, -0.05) is 25.0 Å². The van der Waals surface area contributed by atoms with E-state index in [0.29, 0.717) is 17.2 Å². The van der Waals surface area contributed by atoms with Gasteiger partial charge < -0.3 is 10.4 Å². The SMILES string of the molecule is Cc1c(C(=O)NC(C)C(O)c2ccc(F)cc2)cnn1C1CCCC1. The molecule has 2 aromatic rings. The summed E-state index contributed by atoms with van der Waals surface area (Å²) in [6.07, 6.45) is 5.29. The van der Waals surface area contributed by atoms with Crippen LogP contribution in [-0.4, -0.2) is 26.8 Å². The molecule has 1 aliphatic carbocycles. The van der Waals surface area contributed by atoms with Crippen LogP contribution < -0.4 is 5.32 Å². The van der Waals surface area contributed by atoms with Crippen LogP contribution >= 0.6 is 0 Å². The second-order valence-electron chi connectivity index (χ2n) is 6.79. The molecule has 3 rings (SSSR count). The summed E-state index contributed by atoms with van der Waals surface area (Å²) in [7, 11) is 0. The quantitative estimate of drug-likeness (QED) is 0.874. The molecule has 1 aliphatic rings. The molecule has 0 bridgehead atoms. The van der Waals surface area contributed by atoms with Crippen LogP contribution in [0.2, 0.25) is 0 Å². The van der Waals surface area contributed by atoms with Gasteiger partial charge in [0.25, 0.3) is 5.91 Å². The second kappa shape index (κ2) is 7.35. The van der Waals surface area contributed by atoms with E-state index in [2.05, 4.69) is 10.4 Å². The summed E-state index contributed by atoms with van der Waals surface area (Å²) in [5.41, 5.74) is 1.95. The van der Waals surface area contributed by atoms with E-state index < -0.39 is 12.1 Å². The van der Waals surface area contributed by atoms with E-state index in [9.17, 15) is 14.3 Å². The molecule has 25 heavy (non-hydrogen) atoms. The van der Waals surface area contributed by atoms with Crippen LogP contribution in [0.4, 0.5) is 4.39 Å². The summed E-state index contributed by atoms with van der Waals surface area (Å²) in [5.74, 6) is -0.613. The highest BCUT2D eigenvalue weighted by Crippen LogP contribution is 2.30. The first-order valence-electron chi connectivity index (χ1n) is 8.76. The molecule has 6 heteroatoms. The molecule has 2 atom stereocenters. The first-order valence-corrected chi connectivity index (χ1v) is 8.76. The largest absolute Gasteiger partial charge is 0.386 e. The van der Waals surface area contributed by atoms with Gasteiger partial charge in [0.1, 0.15) is 5.82 Å². The molecule has 2 unspecified atom stereocenters. The van der Waals surface area contributed by atoms with Crippen molar-refractivity contribution in [1.29, 1.82) is 0 Å². The van der Waals surface area contributed by atoms with Crippen molar-refractivity contribution in [3.8, 4) is 0 Å². The molecule has 2 N–H and O–H groups in total. The lowest BCUT2D eigenvalue weighted by molar-refractivity contribution is 0.0851. The maximum absolute atomic E-state index is 13.0. The molecule has 1 aromatic heterocycles. The number of hydrogen-bond donors (Lipinski definition) is 2. The molecule has 0 aliphatic heterocycles. The molecule has 0 spiro atoms. The number of aliphatic hydroxyl groups excluding tert-OH is 1. The fourth-order valence-electron chi connectivity index (χ4n) is 3.48. The molecule has 5 nitrogen and oxygen atoms in total. The number of nitrogens with one attached hydrogen (secondary N) is 1. The van der Waals surface area contributed by atoms with Crippen molar-refractivity contribution in [2.45, 2.75) is 57.7 Å². The zero-order valence-corrected chi connectivity index (χ0v) is 14.6. The fourth-order valence-corrected chi connectivity index (χ4v) is 3.48. The smallest absolute Gasteiger partial charge is 0.255 e. The van der Waals surface area contributed by atoms with E-state index in [1.165, 1.54) is 37.1 Å². The fraction of sp³-hybridized carbons (Fsp3) is 0.474. The van der Waals surface area contributed by atoms with Crippen molar-refractivity contribution < 1.29 is 14.3 Å². The molecule has 134 valence electrons. The topological polar surface area (TPSA) is 67.2 Å². The molecule has 1 amide bonds. The van der Waals surface area contributed by atoms with Crippen molar-refractivity contribution in [1.82, 2.24) is 15.1 Å². The van der Waals surface area contributed by atoms with Gasteiger partial charge in [0.2, 0.25) is 0 Å². The third-order valence-electron chi connectivity index (χ3n) is 5.00. The Kier molecular flexibility index (Phi) is 5.18. The maximum atomic E-state index is 13.0. The number of aromatic nitrogens is 2. The zero-order chi connectivity index (χ0) is 18.0. The number of aliphatic hydroxyl groups is 1. The minimum absolute atomic E-state index is 0.254. The van der Waals surface area contributed by atoms with Gasteiger partial charge >= 0.3 is 0 Å². The van der Waals surface area contributed by atoms with Gasteiger partial charge in [-0.15, -0.1) is 0 Å². The standard InChI is InChI=1S/C19H24FN3O2/c1-12(18(24)14-7-9-15(20)10-8-14)22-19(25)17-11-21-23(13(17)2)16-5-3-4-6-16/h7-12,16,18,24H,3-6H2,1-2H3,(H,22,25). The van der Waals surface area contributed by atoms with E-state index in [1.54, 1.807) is 13.1 Å². The number of nitrogens with zero attached hydrogens (tertiary/aromatic N) is 2. The third kappa shape index (κ3) is 3.74. The van der Waals surface area contributed by atoms with Crippen LogP contribution in [0.15, 0.2) is 30.5 Å². The number of amides is 1. The Morgan fingerprint density at radius 3 is 2.60 bits per heavy atom. The molecule has 0 radical (unpaired) electrons. The summed E-state index contributed by atoms with van der Waals surface area (Å²) in [4.78, 5) is 12.6. The number of carbonyl (C=O) groups excluding carboxylic acids is 1. The first kappa shape index (κ1) is 17.6. The van der Waals surface area contributed by atoms with E-state index in [1.807, 2.05) is 11.6 Å². The van der Waals surface area contributed by atoms with Crippen molar-refractivity contribution in [2.75, 3.05) is 0 Å². The molecule has 1 saturated carbocycles. The van der Waals surface area contributed by atoms with Crippen molar-refractivity contribution in [2.24, 2.45) is 0 Å². The number of hydrogen-bond acceptors (Lipinski definition) is 3. The average Bonchev–Trinajstić information content (AvgIpc) is 3.24. The van der Waals surface area contributed by atoms with Gasteiger partial charge in [0.05, 0.1) is 29.9 Å². The third-order valence-corrected chi connectivity index (χ3v) is 5.00. The lowest BCUT2D eigenvalue weighted by Gasteiger charge is -2.20. The lowest BCUT2D eigenvalue weighted by atomic mass is 10.0. The van der Waals surface area contributed by atoms with Gasteiger partial charge in [0, 0.05) is 5.69 Å². The van der Waals surface area contributed by atoms with Crippen LogP contribution in [0.5, 0.6) is 0 Å². The predicted octanol–water partition coefficient (Wildman–Crippen LogP) is 3.30. The van der Waals surface area contributed by atoms with Crippen molar-refractivity contribution in [3.63, 3.8) is 0 Å². The van der Waals surface area contributed by atoms with Gasteiger partial charge in [-0.3, -0.25) is 9.48 Å². The molecule has 1 heterocycles. The Morgan fingerprint density at radius 1 is 1.32 bits per heavy atom. The van der Waals surface area contributed by atoms with E-state index >= 15 is 0 Å². The van der Waals surface area contributed by atoms with E-state index in [4.69, 9.17) is 0 Å². The Hall–Kier alpha value is -2.21. The zero-order valence-electron chi connectivity index (χ0n) is 14.6. The van der Waals surface area contributed by atoms with Crippen LogP contribution in [-0.2, 0) is 0 Å². The van der Waals surface area contributed by atoms with Gasteiger partial charge in [-0.05, 0) is 44.4 Å². The number of halogens is 1. The van der Waals surface area contributed by atoms with Gasteiger partial charge in [-0.2, -0.15) is 5.10 Å². The maximum Gasteiger partial charge on any atom is 0.255 e. The van der Waals surface area contributed by atoms with Crippen LogP contribution in [0.25, 0.3) is 0 Å². The Bertz CT molecular complexity index is 736. The highest BCUT2D eigenvalue weighted by Gasteiger charge is 2.24. The minimum atomic E-state index is -0.908. The minimum Gasteiger partial charge on any atom is -0.386 e. The Labute approximate surface area is 146 Å². The summed E-state index contributed by atoms with van der Waals surface area (Å²) in [5, 5.41) is 17.6. The average molecular weight is 345 g/mol. The van der Waals surface area contributed by atoms with E-state index in [0.717, 1.165) is 18.5 Å². The van der Waals surface area contributed by atoms with Gasteiger partial charge in [-0.25, -0.2) is 4.39 Å². The van der Waals surface area contributed by atoms with Crippen LogP contribution in [0.3, 0.4) is 0 Å². The number of rotatable bonds is 5. The molecule has 0 saturated heterocycles. The summed E-state index contributed by atoms with van der Waals surface area (Å²) in [6, 6.07) is 5.50. The molecular formula is C19H24FN3O2. The summed E-state index contributed by atoms with van der Waals surface area (Å²) >= 11 is 0. The highest BCUT2D eigenvalue weighted by atomic mass is 19.1. The van der Waals surface area contributed by atoms with Crippen LogP contribution in [0.1, 0.15) is 66.4 Å². The van der Waals surface area contributed by atoms with Crippen molar-refractivity contribution in [3.05, 3.63) is 53.1 Å². The Balaban J connectivity index is 1.68. The lowest BCUT2D eigenvalue weighted by Crippen LogP contribution is -2.37. The van der Waals surface area contributed by atoms with Gasteiger partial charge in [0.15, 0.2) is 0 Å². The molecule has 1 fully saturated rings. The first-order chi connectivity index (χ1) is 12.0. The van der Waals surface area contributed by atoms with E-state index in [-0.39, 0.29) is 11.7 Å². The van der Waals surface area contributed by atoms with Crippen LogP contribution in [0, 0.1) is 12.7 Å². The number of carbonyl (C=O) groups is 1. The molecule has 1 aromatic carbocycles. The summed E-state index contributed by atoms with van der Waals surface area (Å²) in [6.45, 7) is 3.63. The normalized spacial score (nSPS) is 17.4.